The molecule has 0 unspecified atom stereocenters. The van der Waals surface area contributed by atoms with Crippen molar-refractivity contribution in [3.63, 3.8) is 0 Å². The highest BCUT2D eigenvalue weighted by Crippen LogP contribution is 2.31. The summed E-state index contributed by atoms with van der Waals surface area (Å²) in [6.07, 6.45) is -5.11. The molecule has 0 radical (unpaired) electrons. The molecule has 0 aliphatic heterocycles. The van der Waals surface area contributed by atoms with Crippen LogP contribution in [-0.4, -0.2) is 31.3 Å². The highest BCUT2D eigenvalue weighted by molar-refractivity contribution is 5.87. The van der Waals surface area contributed by atoms with Gasteiger partial charge in [-0.15, -0.1) is 10.2 Å². The molecule has 3 aromatic heterocycles. The van der Waals surface area contributed by atoms with Gasteiger partial charge in [0.25, 0.3) is 0 Å². The lowest BCUT2D eigenvalue weighted by Gasteiger charge is -2.12. The number of benzene rings is 1. The molecule has 0 fully saturated rings. The minimum Gasteiger partial charge on any atom is -0.416 e. The van der Waals surface area contributed by atoms with Gasteiger partial charge in [0.15, 0.2) is 5.75 Å². The summed E-state index contributed by atoms with van der Waals surface area (Å²) in [6, 6.07) is 12.9. The second kappa shape index (κ2) is 6.36. The maximum absolute atomic E-state index is 12.7. The molecule has 0 N–H and O–H groups in total. The lowest BCUT2D eigenvalue weighted by Crippen LogP contribution is -2.28. The van der Waals surface area contributed by atoms with Crippen molar-refractivity contribution in [3.8, 4) is 5.75 Å². The quantitative estimate of drug-likeness (QED) is 0.501. The Kier molecular flexibility index (Phi) is 4.10. The lowest BCUT2D eigenvalue weighted by atomic mass is 10.2. The van der Waals surface area contributed by atoms with E-state index in [2.05, 4.69) is 14.9 Å². The Balaban J connectivity index is 1.92. The van der Waals surface area contributed by atoms with Crippen molar-refractivity contribution in [2.24, 2.45) is 0 Å². The molecule has 0 bridgehead atoms. The van der Waals surface area contributed by atoms with Gasteiger partial charge in [-0.25, -0.2) is 4.79 Å². The number of fused-ring (bicyclic) bond motifs is 3. The Labute approximate surface area is 157 Å². The fraction of sp³-hybridized carbons (Fsp3) is 0.211. The SMILES string of the molecule is Cc1cc2c(cc(OC(=O)C(F)(F)F)c3nnc(C)n32)n1Cc1ccccc1. The summed E-state index contributed by atoms with van der Waals surface area (Å²) >= 11 is 0. The van der Waals surface area contributed by atoms with Crippen molar-refractivity contribution in [1.29, 1.82) is 0 Å². The molecule has 1 aromatic carbocycles. The first kappa shape index (κ1) is 18.0. The molecule has 0 aliphatic rings. The minimum absolute atomic E-state index is 0.0551. The van der Waals surface area contributed by atoms with Crippen LogP contribution in [0.4, 0.5) is 13.2 Å². The van der Waals surface area contributed by atoms with E-state index in [9.17, 15) is 18.0 Å². The maximum atomic E-state index is 12.7. The topological polar surface area (TPSA) is 61.4 Å². The third kappa shape index (κ3) is 2.98. The van der Waals surface area contributed by atoms with Gasteiger partial charge in [0.05, 0.1) is 11.0 Å². The van der Waals surface area contributed by atoms with Crippen LogP contribution in [0.5, 0.6) is 5.75 Å². The monoisotopic (exact) mass is 388 g/mol. The highest BCUT2D eigenvalue weighted by atomic mass is 19.4. The average Bonchev–Trinajstić information content (AvgIpc) is 3.16. The van der Waals surface area contributed by atoms with E-state index >= 15 is 0 Å². The van der Waals surface area contributed by atoms with Crippen molar-refractivity contribution >= 4 is 22.6 Å². The van der Waals surface area contributed by atoms with Gasteiger partial charge in [-0.05, 0) is 25.5 Å². The van der Waals surface area contributed by atoms with Gasteiger partial charge in [0.1, 0.15) is 5.82 Å². The van der Waals surface area contributed by atoms with Crippen LogP contribution in [0.3, 0.4) is 0 Å². The predicted molar refractivity (Wildman–Crippen MR) is 95.2 cm³/mol. The second-order valence-corrected chi connectivity index (χ2v) is 6.43. The number of aromatic nitrogens is 4. The predicted octanol–water partition coefficient (Wildman–Crippen LogP) is 3.82. The van der Waals surface area contributed by atoms with Gasteiger partial charge in [-0.1, -0.05) is 30.3 Å². The summed E-state index contributed by atoms with van der Waals surface area (Å²) in [4.78, 5) is 11.4. The second-order valence-electron chi connectivity index (χ2n) is 6.43. The normalized spacial score (nSPS) is 12.0. The van der Waals surface area contributed by atoms with E-state index in [0.717, 1.165) is 16.8 Å². The fourth-order valence-corrected chi connectivity index (χ4v) is 3.22. The number of aryl methyl sites for hydroxylation is 2. The Hall–Kier alpha value is -3.36. The first-order valence-corrected chi connectivity index (χ1v) is 8.43. The van der Waals surface area contributed by atoms with Crippen molar-refractivity contribution in [2.75, 3.05) is 0 Å². The number of esters is 1. The molecule has 4 aromatic rings. The molecular weight excluding hydrogens is 373 g/mol. The summed E-state index contributed by atoms with van der Waals surface area (Å²) < 4.78 is 46.3. The van der Waals surface area contributed by atoms with Gasteiger partial charge in [0, 0.05) is 18.3 Å². The van der Waals surface area contributed by atoms with E-state index in [4.69, 9.17) is 0 Å². The molecule has 0 saturated carbocycles. The number of ether oxygens (including phenoxy) is 1. The number of carbonyl (C=O) groups excluding carboxylic acids is 1. The third-order valence-corrected chi connectivity index (χ3v) is 4.50. The number of nitrogens with zero attached hydrogens (tertiary/aromatic N) is 4. The third-order valence-electron chi connectivity index (χ3n) is 4.50. The van der Waals surface area contributed by atoms with E-state index in [1.54, 1.807) is 11.3 Å². The molecule has 4 rings (SSSR count). The van der Waals surface area contributed by atoms with E-state index in [1.165, 1.54) is 6.07 Å². The summed E-state index contributed by atoms with van der Waals surface area (Å²) in [7, 11) is 0. The number of hydrogen-bond donors (Lipinski definition) is 0. The van der Waals surface area contributed by atoms with Crippen molar-refractivity contribution in [3.05, 3.63) is 59.5 Å². The zero-order valence-electron chi connectivity index (χ0n) is 15.0. The van der Waals surface area contributed by atoms with Crippen molar-refractivity contribution in [2.45, 2.75) is 26.6 Å². The van der Waals surface area contributed by atoms with Crippen molar-refractivity contribution < 1.29 is 22.7 Å². The van der Waals surface area contributed by atoms with Crippen LogP contribution < -0.4 is 4.74 Å². The zero-order valence-corrected chi connectivity index (χ0v) is 15.0. The van der Waals surface area contributed by atoms with Gasteiger partial charge < -0.3 is 9.30 Å². The summed E-state index contributed by atoms with van der Waals surface area (Å²) in [5.74, 6) is -2.11. The van der Waals surface area contributed by atoms with Gasteiger partial charge >= 0.3 is 12.1 Å². The first-order chi connectivity index (χ1) is 13.3. The van der Waals surface area contributed by atoms with E-state index < -0.39 is 12.1 Å². The molecular formula is C19H15F3N4O2. The molecule has 0 aliphatic carbocycles. The minimum atomic E-state index is -5.11. The Bertz CT molecular complexity index is 1190. The van der Waals surface area contributed by atoms with Crippen molar-refractivity contribution in [1.82, 2.24) is 19.2 Å². The molecule has 144 valence electrons. The molecule has 9 heteroatoms. The number of rotatable bonds is 3. The number of alkyl halides is 3. The van der Waals surface area contributed by atoms with Gasteiger partial charge in [-0.2, -0.15) is 13.2 Å². The molecule has 0 amide bonds. The summed E-state index contributed by atoms with van der Waals surface area (Å²) in [5, 5.41) is 7.82. The van der Waals surface area contributed by atoms with E-state index in [-0.39, 0.29) is 11.4 Å². The van der Waals surface area contributed by atoms with Gasteiger partial charge in [0.2, 0.25) is 5.65 Å². The lowest BCUT2D eigenvalue weighted by molar-refractivity contribution is -0.189. The number of hydrogen-bond acceptors (Lipinski definition) is 4. The van der Waals surface area contributed by atoms with Crippen LogP contribution in [0.2, 0.25) is 0 Å². The number of pyridine rings is 1. The van der Waals surface area contributed by atoms with Crippen LogP contribution >= 0.6 is 0 Å². The molecule has 6 nitrogen and oxygen atoms in total. The smallest absolute Gasteiger partial charge is 0.416 e. The standard InChI is InChI=1S/C19H15F3N4O2/c1-11-8-15-14(25(11)10-13-6-4-3-5-7-13)9-16(28-18(27)19(20,21)22)17-24-23-12(2)26(15)17/h3-9H,10H2,1-2H3. The zero-order chi connectivity index (χ0) is 20.1. The van der Waals surface area contributed by atoms with E-state index in [1.807, 2.05) is 47.9 Å². The van der Waals surface area contributed by atoms with E-state index in [0.29, 0.717) is 17.9 Å². The number of carbonyl (C=O) groups is 1. The highest BCUT2D eigenvalue weighted by Gasteiger charge is 2.42. The van der Waals surface area contributed by atoms with Crippen LogP contribution in [0.25, 0.3) is 16.7 Å². The fourth-order valence-electron chi connectivity index (χ4n) is 3.22. The Morgan fingerprint density at radius 3 is 2.46 bits per heavy atom. The van der Waals surface area contributed by atoms with Crippen LogP contribution in [-0.2, 0) is 11.3 Å². The summed E-state index contributed by atoms with van der Waals surface area (Å²) in [5.41, 5.74) is 3.31. The Morgan fingerprint density at radius 1 is 1.07 bits per heavy atom. The number of halogens is 3. The largest absolute Gasteiger partial charge is 0.491 e. The maximum Gasteiger partial charge on any atom is 0.491 e. The molecule has 28 heavy (non-hydrogen) atoms. The average molecular weight is 388 g/mol. The molecule has 0 saturated heterocycles. The van der Waals surface area contributed by atoms with Crippen LogP contribution in [0.15, 0.2) is 42.5 Å². The van der Waals surface area contributed by atoms with Crippen LogP contribution in [0.1, 0.15) is 17.1 Å². The molecule has 0 spiro atoms. The Morgan fingerprint density at radius 2 is 1.79 bits per heavy atom. The summed E-state index contributed by atoms with van der Waals surface area (Å²) in [6.45, 7) is 4.09. The molecule has 0 atom stereocenters. The first-order valence-electron chi connectivity index (χ1n) is 8.43. The van der Waals surface area contributed by atoms with Gasteiger partial charge in [-0.3, -0.25) is 4.40 Å². The van der Waals surface area contributed by atoms with Crippen LogP contribution in [0, 0.1) is 13.8 Å². The molecule has 3 heterocycles.